The molecule has 1 saturated carbocycles. The molecule has 3 N–H and O–H groups in total. The van der Waals surface area contributed by atoms with Gasteiger partial charge in [-0.15, -0.1) is 0 Å². The van der Waals surface area contributed by atoms with Crippen molar-refractivity contribution in [3.05, 3.63) is 35.4 Å². The van der Waals surface area contributed by atoms with Gasteiger partial charge in [0.2, 0.25) is 0 Å². The molecule has 2 amide bonds. The Morgan fingerprint density at radius 3 is 2.80 bits per heavy atom. The van der Waals surface area contributed by atoms with E-state index in [0.717, 1.165) is 44.3 Å². The molecule has 1 fully saturated rings. The van der Waals surface area contributed by atoms with Gasteiger partial charge in [-0.3, -0.25) is 0 Å². The summed E-state index contributed by atoms with van der Waals surface area (Å²) >= 11 is 0. The molecule has 2 unspecified atom stereocenters. The monoisotopic (exact) mass is 347 g/mol. The first-order valence-corrected chi connectivity index (χ1v) is 9.39. The Hall–Kier alpha value is -1.59. The van der Waals surface area contributed by atoms with Crippen LogP contribution in [0.5, 0.6) is 0 Å². The average Bonchev–Trinajstić information content (AvgIpc) is 2.61. The lowest BCUT2D eigenvalue weighted by molar-refractivity contribution is 0.00309. The highest BCUT2D eigenvalue weighted by molar-refractivity contribution is 5.73. The number of carbonyl (C=O) groups excluding carboxylic acids is 1. The number of aliphatic hydroxyl groups is 1. The molecule has 1 aliphatic carbocycles. The summed E-state index contributed by atoms with van der Waals surface area (Å²) in [5.41, 5.74) is 2.14. The third-order valence-corrected chi connectivity index (χ3v) is 5.37. The van der Waals surface area contributed by atoms with Crippen molar-refractivity contribution in [2.45, 2.75) is 58.7 Å². The van der Waals surface area contributed by atoms with E-state index in [4.69, 9.17) is 0 Å². The Morgan fingerprint density at radius 1 is 1.32 bits per heavy atom. The van der Waals surface area contributed by atoms with Gasteiger partial charge in [0.05, 0.1) is 6.10 Å². The summed E-state index contributed by atoms with van der Waals surface area (Å²) in [4.78, 5) is 14.4. The van der Waals surface area contributed by atoms with E-state index in [1.165, 1.54) is 5.56 Å². The number of benzene rings is 1. The zero-order chi connectivity index (χ0) is 18.3. The third kappa shape index (κ3) is 6.01. The van der Waals surface area contributed by atoms with Crippen LogP contribution in [0.25, 0.3) is 0 Å². The molecule has 2 rings (SSSR count). The Bertz CT molecular complexity index is 564. The highest BCUT2D eigenvalue weighted by Crippen LogP contribution is 2.35. The molecule has 0 aliphatic heterocycles. The van der Waals surface area contributed by atoms with Crippen molar-refractivity contribution in [3.8, 4) is 0 Å². The zero-order valence-corrected chi connectivity index (χ0v) is 15.8. The van der Waals surface area contributed by atoms with Crippen LogP contribution < -0.4 is 10.6 Å². The molecule has 0 spiro atoms. The van der Waals surface area contributed by atoms with Gasteiger partial charge >= 0.3 is 6.03 Å². The van der Waals surface area contributed by atoms with E-state index in [2.05, 4.69) is 48.6 Å². The second-order valence-corrected chi connectivity index (χ2v) is 7.60. The van der Waals surface area contributed by atoms with Gasteiger partial charge in [0, 0.05) is 25.0 Å². The van der Waals surface area contributed by atoms with Gasteiger partial charge in [0.15, 0.2) is 0 Å². The van der Waals surface area contributed by atoms with Crippen LogP contribution in [0, 0.1) is 5.41 Å². The quantitative estimate of drug-likeness (QED) is 0.711. The minimum absolute atomic E-state index is 0.171. The van der Waals surface area contributed by atoms with Crippen molar-refractivity contribution < 1.29 is 9.90 Å². The molecule has 25 heavy (non-hydrogen) atoms. The van der Waals surface area contributed by atoms with Gasteiger partial charge in [-0.05, 0) is 37.6 Å². The average molecular weight is 348 g/mol. The lowest BCUT2D eigenvalue weighted by Gasteiger charge is -2.38. The fourth-order valence-electron chi connectivity index (χ4n) is 3.38. The first-order valence-electron chi connectivity index (χ1n) is 9.39. The van der Waals surface area contributed by atoms with Gasteiger partial charge in [-0.25, -0.2) is 4.79 Å². The summed E-state index contributed by atoms with van der Waals surface area (Å²) < 4.78 is 0. The molecule has 0 bridgehead atoms. The summed E-state index contributed by atoms with van der Waals surface area (Å²) in [7, 11) is 2.10. The summed E-state index contributed by atoms with van der Waals surface area (Å²) in [5, 5.41) is 16.0. The van der Waals surface area contributed by atoms with Crippen LogP contribution >= 0.6 is 0 Å². The van der Waals surface area contributed by atoms with Crippen molar-refractivity contribution in [1.82, 2.24) is 15.5 Å². The SMILES string of the molecule is CCN(C)Cc1cccc(CNC(=O)NCC2(C)CCCCC2O)c1. The summed E-state index contributed by atoms with van der Waals surface area (Å²) in [6.07, 6.45) is 3.66. The molecule has 0 radical (unpaired) electrons. The van der Waals surface area contributed by atoms with Gasteiger partial charge in [0.25, 0.3) is 0 Å². The number of aliphatic hydroxyl groups excluding tert-OH is 1. The van der Waals surface area contributed by atoms with E-state index in [1.807, 2.05) is 12.1 Å². The van der Waals surface area contributed by atoms with Crippen molar-refractivity contribution in [1.29, 1.82) is 0 Å². The lowest BCUT2D eigenvalue weighted by Crippen LogP contribution is -2.47. The molecule has 0 aromatic heterocycles. The molecule has 1 aliphatic rings. The standard InChI is InChI=1S/C20H33N3O2/c1-4-23(3)14-17-9-7-8-16(12-17)13-21-19(25)22-15-20(2)11-6-5-10-18(20)24/h7-9,12,18,24H,4-6,10-11,13-15H2,1-3H3,(H2,21,22,25). The number of nitrogens with zero attached hydrogens (tertiary/aromatic N) is 1. The minimum atomic E-state index is -0.325. The molecule has 0 heterocycles. The van der Waals surface area contributed by atoms with Gasteiger partial charge < -0.3 is 20.6 Å². The molecule has 2 atom stereocenters. The smallest absolute Gasteiger partial charge is 0.315 e. The van der Waals surface area contributed by atoms with E-state index in [9.17, 15) is 9.90 Å². The predicted octanol–water partition coefficient (Wildman–Crippen LogP) is 2.88. The van der Waals surface area contributed by atoms with Gasteiger partial charge in [0.1, 0.15) is 0 Å². The maximum absolute atomic E-state index is 12.1. The predicted molar refractivity (Wildman–Crippen MR) is 101 cm³/mol. The first-order chi connectivity index (χ1) is 11.9. The van der Waals surface area contributed by atoms with Crippen LogP contribution in [0.3, 0.4) is 0 Å². The second kappa shape index (κ2) is 9.20. The van der Waals surface area contributed by atoms with E-state index in [-0.39, 0.29) is 17.6 Å². The first kappa shape index (κ1) is 19.7. The zero-order valence-electron chi connectivity index (χ0n) is 15.8. The highest BCUT2D eigenvalue weighted by atomic mass is 16.3. The van der Waals surface area contributed by atoms with E-state index < -0.39 is 0 Å². The Balaban J connectivity index is 1.79. The fourth-order valence-corrected chi connectivity index (χ4v) is 3.38. The highest BCUT2D eigenvalue weighted by Gasteiger charge is 2.35. The second-order valence-electron chi connectivity index (χ2n) is 7.60. The molecule has 5 heteroatoms. The lowest BCUT2D eigenvalue weighted by atomic mass is 9.73. The van der Waals surface area contributed by atoms with Crippen molar-refractivity contribution in [2.24, 2.45) is 5.41 Å². The molecule has 1 aromatic carbocycles. The molecule has 140 valence electrons. The van der Waals surface area contributed by atoms with Crippen LogP contribution in [-0.2, 0) is 13.1 Å². The van der Waals surface area contributed by atoms with Crippen molar-refractivity contribution >= 4 is 6.03 Å². The van der Waals surface area contributed by atoms with E-state index in [1.54, 1.807) is 0 Å². The number of rotatable bonds is 7. The van der Waals surface area contributed by atoms with Crippen LogP contribution in [-0.4, -0.2) is 42.3 Å². The maximum Gasteiger partial charge on any atom is 0.315 e. The topological polar surface area (TPSA) is 64.6 Å². The van der Waals surface area contributed by atoms with Crippen LogP contribution in [0.1, 0.15) is 50.7 Å². The summed E-state index contributed by atoms with van der Waals surface area (Å²) in [5.74, 6) is 0. The Morgan fingerprint density at radius 2 is 2.08 bits per heavy atom. The fraction of sp³-hybridized carbons (Fsp3) is 0.650. The normalized spacial score (nSPS) is 23.5. The minimum Gasteiger partial charge on any atom is -0.392 e. The number of urea groups is 1. The largest absolute Gasteiger partial charge is 0.392 e. The maximum atomic E-state index is 12.1. The number of hydrogen-bond donors (Lipinski definition) is 3. The van der Waals surface area contributed by atoms with Crippen LogP contribution in [0.4, 0.5) is 4.79 Å². The van der Waals surface area contributed by atoms with E-state index in [0.29, 0.717) is 13.1 Å². The Kier molecular flexibility index (Phi) is 7.26. The number of hydrogen-bond acceptors (Lipinski definition) is 3. The van der Waals surface area contributed by atoms with Crippen LogP contribution in [0.2, 0.25) is 0 Å². The Labute approximate surface area is 151 Å². The number of carbonyl (C=O) groups is 1. The molecule has 5 nitrogen and oxygen atoms in total. The number of amides is 2. The summed E-state index contributed by atoms with van der Waals surface area (Å²) in [6, 6.07) is 8.14. The molecular weight excluding hydrogens is 314 g/mol. The molecule has 0 saturated heterocycles. The van der Waals surface area contributed by atoms with Gasteiger partial charge in [-0.1, -0.05) is 51.0 Å². The number of nitrogens with one attached hydrogen (secondary N) is 2. The van der Waals surface area contributed by atoms with E-state index >= 15 is 0 Å². The van der Waals surface area contributed by atoms with Gasteiger partial charge in [-0.2, -0.15) is 0 Å². The third-order valence-electron chi connectivity index (χ3n) is 5.37. The summed E-state index contributed by atoms with van der Waals surface area (Å²) in [6.45, 7) is 7.14. The van der Waals surface area contributed by atoms with Crippen molar-refractivity contribution in [2.75, 3.05) is 20.1 Å². The molecule has 1 aromatic rings. The molecular formula is C20H33N3O2. The van der Waals surface area contributed by atoms with Crippen molar-refractivity contribution in [3.63, 3.8) is 0 Å². The van der Waals surface area contributed by atoms with Crippen LogP contribution in [0.15, 0.2) is 24.3 Å².